The largest absolute Gasteiger partial charge is 0.394 e. The van der Waals surface area contributed by atoms with Crippen LogP contribution >= 0.6 is 93.6 Å². The highest BCUT2D eigenvalue weighted by Gasteiger charge is 2.52. The Morgan fingerprint density at radius 1 is 0.424 bits per heavy atom. The third-order valence-corrected chi connectivity index (χ3v) is 10.8. The molecule has 0 saturated carbocycles. The Balaban J connectivity index is 0. The van der Waals surface area contributed by atoms with Gasteiger partial charge in [0.25, 0.3) is 0 Å². The number of hydrogen-bond donors (Lipinski definition) is 17. The van der Waals surface area contributed by atoms with Crippen molar-refractivity contribution in [2.45, 2.75) is 135 Å². The minimum Gasteiger partial charge on any atom is -0.394 e. The molecule has 4 aliphatic heterocycles. The summed E-state index contributed by atoms with van der Waals surface area (Å²) in [7, 11) is 0. The van der Waals surface area contributed by atoms with Gasteiger partial charge in [0.05, 0.1) is 26.4 Å². The average molecular weight is 1090 g/mol. The molecule has 0 spiro atoms. The first-order valence-corrected chi connectivity index (χ1v) is 19.5. The van der Waals surface area contributed by atoms with Crippen molar-refractivity contribution in [2.24, 2.45) is 0 Å². The lowest BCUT2D eigenvalue weighted by molar-refractivity contribution is -0.340. The number of aryl methyl sites for hydroxylation is 1. The molecule has 0 aliphatic carbocycles. The molecular formula is C37H68N2O20S7. The van der Waals surface area contributed by atoms with Crippen molar-refractivity contribution in [1.82, 2.24) is 0 Å². The number of aliphatic hydroxyl groups excluding tert-OH is 14. The standard InChI is InChI=1S/C19H29NO10.C18H27NO10S.6H2S/c1-8-2-4-9(5-3-8)20-18-15(26)14(25)17(11(7-22)28-18)30-19-16(27)13(24)12(23)10(6-21)29-19;20-5-9-11(22)12(23)15(26)18(28-9)29-16-10(6-21)27-17(14(25)13(16)24)19-7-1-3-8(30)4-2-7;;;;;;/h2-5,10-27H,6-7H2,1H3;1-4,9-26,30H,5-6H2;6*1H2/t10-,11-,12?,13?,14-,15-,16-,17?,18?,19+;9-,10-,11-,12?,13-,14-,15-,16?,17?,18?;;;;;;/m11....../s1. The van der Waals surface area contributed by atoms with Gasteiger partial charge in [-0.1, -0.05) is 17.7 Å². The molecule has 0 amide bonds. The van der Waals surface area contributed by atoms with E-state index in [1.54, 1.807) is 36.4 Å². The summed E-state index contributed by atoms with van der Waals surface area (Å²) in [6, 6.07) is 14.0. The van der Waals surface area contributed by atoms with Crippen LogP contribution in [0.1, 0.15) is 5.56 Å². The molecule has 0 aromatic heterocycles. The molecule has 20 atom stereocenters. The van der Waals surface area contributed by atoms with E-state index < -0.39 is 149 Å². The lowest BCUT2D eigenvalue weighted by atomic mass is 9.96. The van der Waals surface area contributed by atoms with E-state index in [1.165, 1.54) is 0 Å². The van der Waals surface area contributed by atoms with Crippen molar-refractivity contribution < 1.29 is 99.9 Å². The van der Waals surface area contributed by atoms with Crippen molar-refractivity contribution in [3.05, 3.63) is 54.1 Å². The highest BCUT2D eigenvalue weighted by molar-refractivity contribution is 7.80. The van der Waals surface area contributed by atoms with Crippen LogP contribution in [0.2, 0.25) is 0 Å². The summed E-state index contributed by atoms with van der Waals surface area (Å²) < 4.78 is 32.8. The topological polar surface area (TPSA) is 363 Å². The summed E-state index contributed by atoms with van der Waals surface area (Å²) in [4.78, 5) is 0.729. The van der Waals surface area contributed by atoms with Crippen LogP contribution in [-0.4, -0.2) is 221 Å². The number of hydrogen-bond acceptors (Lipinski definition) is 23. The first kappa shape index (κ1) is 67.8. The third kappa shape index (κ3) is 16.4. The van der Waals surface area contributed by atoms with Crippen molar-refractivity contribution in [1.29, 1.82) is 0 Å². The molecule has 8 unspecified atom stereocenters. The van der Waals surface area contributed by atoms with E-state index in [1.807, 2.05) is 19.1 Å². The highest BCUT2D eigenvalue weighted by atomic mass is 32.1. The lowest BCUT2D eigenvalue weighted by Gasteiger charge is -2.46. The van der Waals surface area contributed by atoms with Crippen LogP contribution in [0.25, 0.3) is 0 Å². The van der Waals surface area contributed by atoms with E-state index in [0.29, 0.717) is 11.4 Å². The van der Waals surface area contributed by atoms with Crippen LogP contribution in [-0.2, 0) is 28.4 Å². The molecular weight excluding hydrogens is 1020 g/mol. The number of ether oxygens (including phenoxy) is 6. The van der Waals surface area contributed by atoms with Gasteiger partial charge in [-0.05, 0) is 43.3 Å². The summed E-state index contributed by atoms with van der Waals surface area (Å²) in [6.07, 6.45) is -28.6. The molecule has 0 radical (unpaired) electrons. The number of anilines is 2. The highest BCUT2D eigenvalue weighted by Crippen LogP contribution is 2.32. The molecule has 29 heteroatoms. The number of nitrogens with one attached hydrogen (secondary N) is 2. The van der Waals surface area contributed by atoms with Gasteiger partial charge < -0.3 is 111 Å². The predicted molar refractivity (Wildman–Crippen MR) is 267 cm³/mol. The summed E-state index contributed by atoms with van der Waals surface area (Å²) in [6.45, 7) is -0.569. The molecule has 4 aliphatic rings. The zero-order chi connectivity index (χ0) is 44.0. The summed E-state index contributed by atoms with van der Waals surface area (Å²) >= 11 is 4.19. The summed E-state index contributed by atoms with van der Waals surface area (Å²) in [5.74, 6) is 0. The molecule has 22 nitrogen and oxygen atoms in total. The summed E-state index contributed by atoms with van der Waals surface area (Å²) in [5.41, 5.74) is 2.24. The predicted octanol–water partition coefficient (Wildman–Crippen LogP) is -5.28. The Bertz CT molecular complexity index is 1490. The second-order valence-corrected chi connectivity index (χ2v) is 15.3. The van der Waals surface area contributed by atoms with Crippen LogP contribution < -0.4 is 10.6 Å². The Hall–Kier alpha value is -0.310. The fourth-order valence-corrected chi connectivity index (χ4v) is 7.10. The fourth-order valence-electron chi connectivity index (χ4n) is 6.95. The molecule has 6 rings (SSSR count). The van der Waals surface area contributed by atoms with E-state index in [9.17, 15) is 71.5 Å². The number of aliphatic hydroxyl groups is 14. The summed E-state index contributed by atoms with van der Waals surface area (Å²) in [5, 5.41) is 146. The molecule has 2 aromatic carbocycles. The monoisotopic (exact) mass is 1080 g/mol. The maximum atomic E-state index is 10.6. The first-order chi connectivity index (χ1) is 28.5. The minimum absolute atomic E-state index is 0. The Kier molecular flexibility index (Phi) is 32.0. The smallest absolute Gasteiger partial charge is 0.187 e. The van der Waals surface area contributed by atoms with Crippen LogP contribution in [0.3, 0.4) is 0 Å². The van der Waals surface area contributed by atoms with E-state index in [4.69, 9.17) is 28.4 Å². The van der Waals surface area contributed by atoms with Crippen LogP contribution in [0.4, 0.5) is 11.4 Å². The quantitative estimate of drug-likeness (QED) is 0.0883. The molecule has 4 heterocycles. The molecule has 2 aromatic rings. The minimum atomic E-state index is -1.71. The maximum absolute atomic E-state index is 10.6. The van der Waals surface area contributed by atoms with Gasteiger partial charge in [-0.15, -0.1) is 12.6 Å². The zero-order valence-corrected chi connectivity index (χ0v) is 42.0. The Morgan fingerprint density at radius 2 is 0.742 bits per heavy atom. The second-order valence-electron chi connectivity index (χ2n) is 14.8. The van der Waals surface area contributed by atoms with Gasteiger partial charge in [0.2, 0.25) is 0 Å². The van der Waals surface area contributed by atoms with E-state index in [-0.39, 0.29) is 81.0 Å². The zero-order valence-electron chi connectivity index (χ0n) is 35.2. The first-order valence-electron chi connectivity index (χ1n) is 19.1. The molecule has 16 N–H and O–H groups in total. The van der Waals surface area contributed by atoms with Crippen molar-refractivity contribution in [3.63, 3.8) is 0 Å². The molecule has 4 saturated heterocycles. The van der Waals surface area contributed by atoms with Crippen molar-refractivity contribution >= 4 is 105 Å². The normalized spacial score (nSPS) is 38.3. The van der Waals surface area contributed by atoms with Gasteiger partial charge in [0.15, 0.2) is 25.0 Å². The van der Waals surface area contributed by atoms with E-state index in [2.05, 4.69) is 23.3 Å². The number of thiol groups is 1. The maximum Gasteiger partial charge on any atom is 0.187 e. The molecule has 0 bridgehead atoms. The Labute approximate surface area is 428 Å². The van der Waals surface area contributed by atoms with Gasteiger partial charge in [-0.2, -0.15) is 81.0 Å². The molecule has 66 heavy (non-hydrogen) atoms. The van der Waals surface area contributed by atoms with Crippen molar-refractivity contribution in [2.75, 3.05) is 37.1 Å². The van der Waals surface area contributed by atoms with Crippen LogP contribution in [0, 0.1) is 6.92 Å². The molecule has 388 valence electrons. The number of benzene rings is 2. The van der Waals surface area contributed by atoms with Crippen LogP contribution in [0.15, 0.2) is 53.4 Å². The Morgan fingerprint density at radius 3 is 1.06 bits per heavy atom. The van der Waals surface area contributed by atoms with Crippen molar-refractivity contribution in [3.8, 4) is 0 Å². The van der Waals surface area contributed by atoms with E-state index >= 15 is 0 Å². The SMILES string of the molecule is Cc1ccc(NC2O[C@H](CO)C(O[C@@H]3O[C@H](CO)C(O)C(O)[C@H]3O)[C@H](O)[C@H]2O)cc1.OC[C@H]1OC(Nc2ccc(S)cc2)[C@H](O)[C@@H](O)C1OC1O[C@H](CO)[C@@H](O)C(O)[C@H]1O.S.S.S.S.S.S. The fraction of sp³-hybridized carbons (Fsp3) is 0.676. The van der Waals surface area contributed by atoms with Gasteiger partial charge in [-0.3, -0.25) is 0 Å². The molecule has 4 fully saturated rings. The average Bonchev–Trinajstić information content (AvgIpc) is 3.24. The third-order valence-electron chi connectivity index (χ3n) is 10.5. The lowest BCUT2D eigenvalue weighted by Crippen LogP contribution is -2.65. The second kappa shape index (κ2) is 31.2. The number of rotatable bonds is 12. The van der Waals surface area contributed by atoms with Gasteiger partial charge in [0.1, 0.15) is 97.7 Å². The van der Waals surface area contributed by atoms with E-state index in [0.717, 1.165) is 10.5 Å². The van der Waals surface area contributed by atoms with Gasteiger partial charge >= 0.3 is 0 Å². The van der Waals surface area contributed by atoms with Gasteiger partial charge in [0, 0.05) is 16.3 Å². The van der Waals surface area contributed by atoms with Gasteiger partial charge in [-0.25, -0.2) is 0 Å². The van der Waals surface area contributed by atoms with Crippen LogP contribution in [0.5, 0.6) is 0 Å².